The first kappa shape index (κ1) is 13.1. The minimum atomic E-state index is -1.06. The molecule has 0 heterocycles. The summed E-state index contributed by atoms with van der Waals surface area (Å²) in [6.45, 7) is 0. The van der Waals surface area contributed by atoms with Crippen LogP contribution >= 0.6 is 15.9 Å². The number of rotatable bonds is 3. The van der Waals surface area contributed by atoms with Crippen molar-refractivity contribution >= 4 is 33.2 Å². The van der Waals surface area contributed by atoms with Gasteiger partial charge >= 0.3 is 0 Å². The minimum Gasteiger partial charge on any atom is -0.382 e. The molecule has 0 aliphatic carbocycles. The molecule has 0 saturated heterocycles. The molecule has 0 bridgehead atoms. The fourth-order valence-electron chi connectivity index (χ4n) is 0.870. The Balaban J connectivity index is 3.01. The molecule has 0 amide bonds. The van der Waals surface area contributed by atoms with Crippen LogP contribution in [0.15, 0.2) is 21.7 Å². The molecule has 5 nitrogen and oxygen atoms in total. The van der Waals surface area contributed by atoms with E-state index in [4.69, 9.17) is 16.4 Å². The van der Waals surface area contributed by atoms with E-state index in [1.807, 2.05) is 0 Å². The van der Waals surface area contributed by atoms with Gasteiger partial charge in [-0.15, -0.1) is 0 Å². The maximum Gasteiger partial charge on any atom is 0.201 e. The summed E-state index contributed by atoms with van der Waals surface area (Å²) in [4.78, 5) is 0. The zero-order valence-corrected chi connectivity index (χ0v) is 9.85. The molecule has 0 atom stereocenters. The third kappa shape index (κ3) is 3.22. The molecular formula is C9H6BrF2N5. The third-order valence-corrected chi connectivity index (χ3v) is 2.32. The lowest BCUT2D eigenvalue weighted by Crippen LogP contribution is -2.21. The van der Waals surface area contributed by atoms with Crippen molar-refractivity contribution in [2.24, 2.45) is 10.8 Å². The summed E-state index contributed by atoms with van der Waals surface area (Å²) < 4.78 is 25.9. The number of hydrogen-bond donors (Lipinski definition) is 3. The Morgan fingerprint density at radius 3 is 2.59 bits per heavy atom. The van der Waals surface area contributed by atoms with Crippen molar-refractivity contribution < 1.29 is 8.78 Å². The zero-order chi connectivity index (χ0) is 13.0. The van der Waals surface area contributed by atoms with Gasteiger partial charge in [0.1, 0.15) is 6.07 Å². The molecule has 1 aromatic carbocycles. The Morgan fingerprint density at radius 1 is 1.47 bits per heavy atom. The molecule has 17 heavy (non-hydrogen) atoms. The van der Waals surface area contributed by atoms with E-state index in [1.165, 1.54) is 0 Å². The second kappa shape index (κ2) is 5.36. The SMILES string of the molecule is N#C/C(=N\Nc1cc(F)c(F)cc1Br)C(=N)N. The lowest BCUT2D eigenvalue weighted by molar-refractivity contribution is 0.508. The van der Waals surface area contributed by atoms with E-state index in [2.05, 4.69) is 26.5 Å². The molecule has 0 spiro atoms. The molecule has 4 N–H and O–H groups in total. The highest BCUT2D eigenvalue weighted by Crippen LogP contribution is 2.25. The fourth-order valence-corrected chi connectivity index (χ4v) is 1.27. The van der Waals surface area contributed by atoms with Gasteiger partial charge in [0.05, 0.1) is 5.69 Å². The number of benzene rings is 1. The van der Waals surface area contributed by atoms with E-state index >= 15 is 0 Å². The summed E-state index contributed by atoms with van der Waals surface area (Å²) in [5, 5.41) is 19.0. The molecular weight excluding hydrogens is 296 g/mol. The topological polar surface area (TPSA) is 98.0 Å². The Hall–Kier alpha value is -2.01. The number of nitrogens with one attached hydrogen (secondary N) is 2. The third-order valence-electron chi connectivity index (χ3n) is 1.66. The van der Waals surface area contributed by atoms with Crippen molar-refractivity contribution in [1.29, 1.82) is 10.7 Å². The van der Waals surface area contributed by atoms with Crippen molar-refractivity contribution in [3.8, 4) is 6.07 Å². The highest BCUT2D eigenvalue weighted by molar-refractivity contribution is 9.10. The number of nitriles is 1. The molecule has 0 aliphatic heterocycles. The van der Waals surface area contributed by atoms with Crippen LogP contribution in [0, 0.1) is 28.4 Å². The largest absolute Gasteiger partial charge is 0.382 e. The van der Waals surface area contributed by atoms with Crippen LogP contribution in [0.4, 0.5) is 14.5 Å². The first-order valence-electron chi connectivity index (χ1n) is 4.18. The lowest BCUT2D eigenvalue weighted by atomic mass is 10.3. The Kier molecular flexibility index (Phi) is 4.12. The number of anilines is 1. The summed E-state index contributed by atoms with van der Waals surface area (Å²) in [6.07, 6.45) is 0. The molecule has 1 rings (SSSR count). The summed E-state index contributed by atoms with van der Waals surface area (Å²) in [5.74, 6) is -2.61. The van der Waals surface area contributed by atoms with E-state index in [0.29, 0.717) is 0 Å². The number of hydrogen-bond acceptors (Lipinski definition) is 4. The van der Waals surface area contributed by atoms with Gasteiger partial charge in [0, 0.05) is 10.5 Å². The molecule has 8 heteroatoms. The summed E-state index contributed by atoms with van der Waals surface area (Å²) in [6, 6.07) is 3.34. The summed E-state index contributed by atoms with van der Waals surface area (Å²) >= 11 is 2.98. The number of nitrogens with zero attached hydrogens (tertiary/aromatic N) is 2. The van der Waals surface area contributed by atoms with Crippen molar-refractivity contribution in [3.05, 3.63) is 28.2 Å². The van der Waals surface area contributed by atoms with Gasteiger partial charge in [-0.1, -0.05) is 0 Å². The van der Waals surface area contributed by atoms with Crippen LogP contribution in [0.25, 0.3) is 0 Å². The van der Waals surface area contributed by atoms with E-state index in [-0.39, 0.29) is 15.9 Å². The van der Waals surface area contributed by atoms with Gasteiger partial charge in [0.25, 0.3) is 0 Å². The second-order valence-electron chi connectivity index (χ2n) is 2.84. The highest BCUT2D eigenvalue weighted by Gasteiger charge is 2.08. The van der Waals surface area contributed by atoms with Crippen LogP contribution in [-0.4, -0.2) is 11.5 Å². The van der Waals surface area contributed by atoms with Crippen LogP contribution in [0.5, 0.6) is 0 Å². The second-order valence-corrected chi connectivity index (χ2v) is 3.70. The molecule has 0 saturated carbocycles. The van der Waals surface area contributed by atoms with E-state index in [0.717, 1.165) is 12.1 Å². The van der Waals surface area contributed by atoms with Crippen LogP contribution in [0.1, 0.15) is 0 Å². The van der Waals surface area contributed by atoms with Crippen LogP contribution in [0.3, 0.4) is 0 Å². The predicted molar refractivity (Wildman–Crippen MR) is 62.6 cm³/mol. The fraction of sp³-hybridized carbons (Fsp3) is 0. The standard InChI is InChI=1S/C9H6BrF2N5/c10-4-1-5(11)6(12)2-7(4)16-17-8(3-13)9(14)15/h1-2,16H,(H3,14,15)/b17-8+. The maximum atomic E-state index is 12.9. The minimum absolute atomic E-state index is 0.109. The highest BCUT2D eigenvalue weighted by atomic mass is 79.9. The first-order chi connectivity index (χ1) is 7.95. The van der Waals surface area contributed by atoms with Crippen molar-refractivity contribution in [1.82, 2.24) is 0 Å². The maximum absolute atomic E-state index is 12.9. The van der Waals surface area contributed by atoms with E-state index in [9.17, 15) is 8.78 Å². The number of amidine groups is 1. The van der Waals surface area contributed by atoms with Gasteiger partial charge in [-0.2, -0.15) is 10.4 Å². The smallest absolute Gasteiger partial charge is 0.201 e. The van der Waals surface area contributed by atoms with Crippen LogP contribution in [0.2, 0.25) is 0 Å². The lowest BCUT2D eigenvalue weighted by Gasteiger charge is -2.04. The van der Waals surface area contributed by atoms with Gasteiger partial charge in [0.2, 0.25) is 5.71 Å². The van der Waals surface area contributed by atoms with E-state index < -0.39 is 17.5 Å². The van der Waals surface area contributed by atoms with Gasteiger partial charge in [-0.25, -0.2) is 8.78 Å². The molecule has 0 unspecified atom stereocenters. The van der Waals surface area contributed by atoms with Gasteiger partial charge in [-0.3, -0.25) is 10.8 Å². The number of nitrogens with two attached hydrogens (primary N) is 1. The van der Waals surface area contributed by atoms with Crippen molar-refractivity contribution in [2.75, 3.05) is 5.43 Å². The number of hydrazone groups is 1. The molecule has 88 valence electrons. The Labute approximate surface area is 104 Å². The molecule has 0 radical (unpaired) electrons. The Bertz CT molecular complexity index is 535. The quantitative estimate of drug-likeness (QED) is 0.344. The van der Waals surface area contributed by atoms with Gasteiger partial charge in [0.15, 0.2) is 17.5 Å². The monoisotopic (exact) mass is 301 g/mol. The average molecular weight is 302 g/mol. The first-order valence-corrected chi connectivity index (χ1v) is 4.97. The summed E-state index contributed by atoms with van der Waals surface area (Å²) in [5.41, 5.74) is 7.10. The molecule has 0 aromatic heterocycles. The number of halogens is 3. The molecule has 0 aliphatic rings. The normalized spacial score (nSPS) is 10.8. The molecule has 1 aromatic rings. The average Bonchev–Trinajstić information content (AvgIpc) is 2.25. The van der Waals surface area contributed by atoms with Crippen LogP contribution in [-0.2, 0) is 0 Å². The predicted octanol–water partition coefficient (Wildman–Crippen LogP) is 1.95. The van der Waals surface area contributed by atoms with E-state index in [1.54, 1.807) is 6.07 Å². The van der Waals surface area contributed by atoms with Gasteiger partial charge in [-0.05, 0) is 22.0 Å². The zero-order valence-electron chi connectivity index (χ0n) is 8.26. The Morgan fingerprint density at radius 2 is 2.06 bits per heavy atom. The van der Waals surface area contributed by atoms with Crippen molar-refractivity contribution in [3.63, 3.8) is 0 Å². The van der Waals surface area contributed by atoms with Gasteiger partial charge < -0.3 is 5.73 Å². The molecule has 0 fully saturated rings. The van der Waals surface area contributed by atoms with Crippen LogP contribution < -0.4 is 11.2 Å². The summed E-state index contributed by atoms with van der Waals surface area (Å²) in [7, 11) is 0. The van der Waals surface area contributed by atoms with Crippen molar-refractivity contribution in [2.45, 2.75) is 0 Å².